The first-order chi connectivity index (χ1) is 9.02. The number of morpholine rings is 1. The minimum Gasteiger partial charge on any atom is -0.480 e. The summed E-state index contributed by atoms with van der Waals surface area (Å²) < 4.78 is 5.34. The van der Waals surface area contributed by atoms with Crippen LogP contribution in [0.1, 0.15) is 19.8 Å². The highest BCUT2D eigenvalue weighted by Gasteiger charge is 2.39. The van der Waals surface area contributed by atoms with Gasteiger partial charge in [-0.15, -0.1) is 0 Å². The molecule has 1 saturated carbocycles. The summed E-state index contributed by atoms with van der Waals surface area (Å²) in [6, 6.07) is -1.33. The first kappa shape index (κ1) is 14.1. The zero-order valence-corrected chi connectivity index (χ0v) is 10.9. The molecule has 1 heterocycles. The fraction of sp³-hybridized carbons (Fsp3) is 0.833. The van der Waals surface area contributed by atoms with E-state index in [0.29, 0.717) is 6.61 Å². The molecular weight excluding hydrogens is 252 g/mol. The van der Waals surface area contributed by atoms with Gasteiger partial charge in [-0.05, 0) is 25.7 Å². The number of aliphatic hydroxyl groups excluding tert-OH is 1. The Labute approximate surface area is 111 Å². The highest BCUT2D eigenvalue weighted by atomic mass is 16.5. The van der Waals surface area contributed by atoms with Crippen molar-refractivity contribution in [2.75, 3.05) is 19.8 Å². The lowest BCUT2D eigenvalue weighted by Crippen LogP contribution is -2.57. The maximum absolute atomic E-state index is 12.1. The molecule has 3 atom stereocenters. The zero-order valence-electron chi connectivity index (χ0n) is 10.9. The number of rotatable bonds is 4. The van der Waals surface area contributed by atoms with Gasteiger partial charge in [0, 0.05) is 0 Å². The van der Waals surface area contributed by atoms with Crippen LogP contribution in [0.2, 0.25) is 0 Å². The number of aliphatic carboxylic acids is 1. The Morgan fingerprint density at radius 2 is 2.16 bits per heavy atom. The van der Waals surface area contributed by atoms with Crippen LogP contribution < -0.4 is 5.32 Å². The Bertz CT molecular complexity index is 358. The molecule has 0 bridgehead atoms. The van der Waals surface area contributed by atoms with Gasteiger partial charge < -0.3 is 25.2 Å². The van der Waals surface area contributed by atoms with Crippen molar-refractivity contribution in [1.82, 2.24) is 10.2 Å². The molecule has 2 fully saturated rings. The quantitative estimate of drug-likeness (QED) is 0.649. The second-order valence-electron chi connectivity index (χ2n) is 5.24. The van der Waals surface area contributed by atoms with Gasteiger partial charge in [-0.3, -0.25) is 0 Å². The van der Waals surface area contributed by atoms with Crippen LogP contribution in [0.3, 0.4) is 0 Å². The van der Waals surface area contributed by atoms with Crippen LogP contribution in [0.5, 0.6) is 0 Å². The molecule has 1 aliphatic carbocycles. The van der Waals surface area contributed by atoms with Crippen molar-refractivity contribution in [3.05, 3.63) is 0 Å². The van der Waals surface area contributed by atoms with Crippen LogP contribution in [0.15, 0.2) is 0 Å². The largest absolute Gasteiger partial charge is 0.480 e. The second-order valence-corrected chi connectivity index (χ2v) is 5.24. The van der Waals surface area contributed by atoms with Gasteiger partial charge in [0.1, 0.15) is 6.04 Å². The smallest absolute Gasteiger partial charge is 0.326 e. The molecule has 0 aromatic carbocycles. The number of nitrogens with one attached hydrogen (secondary N) is 1. The molecule has 1 saturated heterocycles. The molecule has 7 heteroatoms. The van der Waals surface area contributed by atoms with Crippen LogP contribution in [0.25, 0.3) is 0 Å². The van der Waals surface area contributed by atoms with Crippen molar-refractivity contribution >= 4 is 12.0 Å². The van der Waals surface area contributed by atoms with E-state index >= 15 is 0 Å². The molecule has 2 aliphatic rings. The van der Waals surface area contributed by atoms with E-state index in [2.05, 4.69) is 5.32 Å². The van der Waals surface area contributed by atoms with Crippen LogP contribution in [-0.4, -0.2) is 65.1 Å². The minimum atomic E-state index is -0.990. The molecule has 7 nitrogen and oxygen atoms in total. The lowest BCUT2D eigenvalue weighted by molar-refractivity contribution is -0.139. The number of hydrogen-bond donors (Lipinski definition) is 3. The highest BCUT2D eigenvalue weighted by molar-refractivity contribution is 5.83. The van der Waals surface area contributed by atoms with Crippen molar-refractivity contribution in [3.8, 4) is 0 Å². The number of nitrogens with zero attached hydrogens (tertiary/aromatic N) is 1. The van der Waals surface area contributed by atoms with Crippen LogP contribution in [-0.2, 0) is 9.53 Å². The third-order valence-corrected chi connectivity index (χ3v) is 3.61. The number of carboxylic acids is 1. The third-order valence-electron chi connectivity index (χ3n) is 3.61. The van der Waals surface area contributed by atoms with Gasteiger partial charge >= 0.3 is 12.0 Å². The Morgan fingerprint density at radius 3 is 2.68 bits per heavy atom. The standard InChI is InChI=1S/C12H20N2O5/c1-7-6-19-9(5-15)4-14(7)12(18)13-10(11(16)17)8-2-3-8/h7-10,15H,2-6H2,1H3,(H,13,18)(H,16,17). The van der Waals surface area contributed by atoms with Gasteiger partial charge in [-0.2, -0.15) is 0 Å². The molecule has 19 heavy (non-hydrogen) atoms. The second kappa shape index (κ2) is 5.75. The van der Waals surface area contributed by atoms with Crippen molar-refractivity contribution in [2.45, 2.75) is 38.0 Å². The number of carboxylic acid groups (broad SMARTS) is 1. The summed E-state index contributed by atoms with van der Waals surface area (Å²) in [6.45, 7) is 2.31. The van der Waals surface area contributed by atoms with E-state index in [1.807, 2.05) is 6.92 Å². The fourth-order valence-electron chi connectivity index (χ4n) is 2.24. The average molecular weight is 272 g/mol. The fourth-order valence-corrected chi connectivity index (χ4v) is 2.24. The van der Waals surface area contributed by atoms with Gasteiger partial charge in [0.05, 0.1) is 31.9 Å². The van der Waals surface area contributed by atoms with E-state index in [1.165, 1.54) is 4.90 Å². The number of ether oxygens (including phenoxy) is 1. The van der Waals surface area contributed by atoms with Crippen molar-refractivity contribution in [1.29, 1.82) is 0 Å². The number of hydrogen-bond acceptors (Lipinski definition) is 4. The van der Waals surface area contributed by atoms with Gasteiger partial charge in [-0.1, -0.05) is 0 Å². The molecule has 0 aromatic rings. The maximum atomic E-state index is 12.1. The van der Waals surface area contributed by atoms with Gasteiger partial charge in [0.15, 0.2) is 0 Å². The van der Waals surface area contributed by atoms with Gasteiger partial charge in [-0.25, -0.2) is 9.59 Å². The number of urea groups is 1. The molecule has 0 radical (unpaired) electrons. The summed E-state index contributed by atoms with van der Waals surface area (Å²) in [7, 11) is 0. The van der Waals surface area contributed by atoms with Crippen molar-refractivity contribution < 1.29 is 24.5 Å². The first-order valence-corrected chi connectivity index (χ1v) is 6.55. The van der Waals surface area contributed by atoms with Gasteiger partial charge in [0.25, 0.3) is 0 Å². The van der Waals surface area contributed by atoms with Crippen LogP contribution >= 0.6 is 0 Å². The summed E-state index contributed by atoms with van der Waals surface area (Å²) in [4.78, 5) is 24.8. The Kier molecular flexibility index (Phi) is 4.26. The van der Waals surface area contributed by atoms with E-state index in [0.717, 1.165) is 12.8 Å². The molecule has 3 unspecified atom stereocenters. The van der Waals surface area contributed by atoms with E-state index in [-0.39, 0.29) is 25.1 Å². The predicted octanol–water partition coefficient (Wildman–Crippen LogP) is -0.359. The number of carbonyl (C=O) groups excluding carboxylic acids is 1. The molecular formula is C12H20N2O5. The number of aliphatic hydroxyl groups is 1. The summed E-state index contributed by atoms with van der Waals surface area (Å²) in [6.07, 6.45) is 1.29. The van der Waals surface area contributed by atoms with Crippen molar-refractivity contribution in [3.63, 3.8) is 0 Å². The minimum absolute atomic E-state index is 0.0476. The predicted molar refractivity (Wildman–Crippen MR) is 65.7 cm³/mol. The van der Waals surface area contributed by atoms with E-state index in [9.17, 15) is 9.59 Å². The average Bonchev–Trinajstić information content (AvgIpc) is 3.20. The maximum Gasteiger partial charge on any atom is 0.326 e. The highest BCUT2D eigenvalue weighted by Crippen LogP contribution is 2.32. The zero-order chi connectivity index (χ0) is 14.0. The van der Waals surface area contributed by atoms with E-state index in [1.54, 1.807) is 0 Å². The first-order valence-electron chi connectivity index (χ1n) is 6.55. The molecule has 0 spiro atoms. The van der Waals surface area contributed by atoms with E-state index < -0.39 is 24.1 Å². The lowest BCUT2D eigenvalue weighted by atomic mass is 10.2. The number of amides is 2. The lowest BCUT2D eigenvalue weighted by Gasteiger charge is -2.37. The van der Waals surface area contributed by atoms with Crippen LogP contribution in [0.4, 0.5) is 4.79 Å². The molecule has 2 amide bonds. The summed E-state index contributed by atoms with van der Waals surface area (Å²) in [5.41, 5.74) is 0. The molecule has 0 aromatic heterocycles. The summed E-state index contributed by atoms with van der Waals surface area (Å²) >= 11 is 0. The van der Waals surface area contributed by atoms with Crippen molar-refractivity contribution in [2.24, 2.45) is 5.92 Å². The summed E-state index contributed by atoms with van der Waals surface area (Å²) in [5, 5.41) is 20.7. The SMILES string of the molecule is CC1COC(CO)CN1C(=O)NC(C(=O)O)C1CC1. The molecule has 3 N–H and O–H groups in total. The topological polar surface area (TPSA) is 99.1 Å². The molecule has 1 aliphatic heterocycles. The van der Waals surface area contributed by atoms with Crippen LogP contribution in [0, 0.1) is 5.92 Å². The molecule has 108 valence electrons. The third kappa shape index (κ3) is 3.36. The monoisotopic (exact) mass is 272 g/mol. The van der Waals surface area contributed by atoms with E-state index in [4.69, 9.17) is 14.9 Å². The number of carbonyl (C=O) groups is 2. The Morgan fingerprint density at radius 1 is 1.47 bits per heavy atom. The normalized spacial score (nSPS) is 28.8. The summed E-state index contributed by atoms with van der Waals surface area (Å²) in [5.74, 6) is -0.943. The Balaban J connectivity index is 1.95. The molecule has 2 rings (SSSR count). The Hall–Kier alpha value is -1.34. The van der Waals surface area contributed by atoms with Gasteiger partial charge in [0.2, 0.25) is 0 Å².